The molecule has 0 spiro atoms. The van der Waals surface area contributed by atoms with Crippen LogP contribution in [0.4, 0.5) is 0 Å². The Bertz CT molecular complexity index is 456. The standard InChI is InChI=1S/C18H27NO2/c1-21-18-7-3-4-13(10-18)16-8-17(9-16)19-11-14-5-2-6-15(14)12-20/h3-4,7,10,14-17,19-20H,2,5-6,8-9,11-12H2,1H3. The molecule has 0 radical (unpaired) electrons. The molecule has 2 aliphatic rings. The zero-order valence-electron chi connectivity index (χ0n) is 12.9. The minimum atomic E-state index is 0.365. The third-order valence-corrected chi connectivity index (χ3v) is 5.42. The summed E-state index contributed by atoms with van der Waals surface area (Å²) in [6, 6.07) is 9.12. The summed E-state index contributed by atoms with van der Waals surface area (Å²) >= 11 is 0. The Morgan fingerprint density at radius 3 is 2.81 bits per heavy atom. The fraction of sp³-hybridized carbons (Fsp3) is 0.667. The van der Waals surface area contributed by atoms with Crippen LogP contribution in [-0.2, 0) is 0 Å². The lowest BCUT2D eigenvalue weighted by Crippen LogP contribution is -2.42. The molecule has 116 valence electrons. The third-order valence-electron chi connectivity index (χ3n) is 5.42. The van der Waals surface area contributed by atoms with Gasteiger partial charge in [0.15, 0.2) is 0 Å². The first kappa shape index (κ1) is 14.9. The number of ether oxygens (including phenoxy) is 1. The maximum Gasteiger partial charge on any atom is 0.119 e. The van der Waals surface area contributed by atoms with E-state index in [1.54, 1.807) is 7.11 Å². The normalized spacial score (nSPS) is 31.9. The van der Waals surface area contributed by atoms with Gasteiger partial charge in [0.2, 0.25) is 0 Å². The Morgan fingerprint density at radius 1 is 1.24 bits per heavy atom. The highest BCUT2D eigenvalue weighted by Crippen LogP contribution is 2.38. The SMILES string of the molecule is COc1cccc(C2CC(NCC3CCCC3CO)C2)c1. The number of hydrogen-bond acceptors (Lipinski definition) is 3. The molecule has 0 heterocycles. The van der Waals surface area contributed by atoms with Gasteiger partial charge in [-0.3, -0.25) is 0 Å². The predicted octanol–water partition coefficient (Wildman–Crippen LogP) is 2.94. The van der Waals surface area contributed by atoms with E-state index < -0.39 is 0 Å². The summed E-state index contributed by atoms with van der Waals surface area (Å²) in [5, 5.41) is 13.1. The second-order valence-electron chi connectivity index (χ2n) is 6.68. The van der Waals surface area contributed by atoms with E-state index in [9.17, 15) is 5.11 Å². The smallest absolute Gasteiger partial charge is 0.119 e. The molecule has 0 saturated heterocycles. The maximum atomic E-state index is 9.37. The van der Waals surface area contributed by atoms with Crippen molar-refractivity contribution in [1.82, 2.24) is 5.32 Å². The van der Waals surface area contributed by atoms with Crippen LogP contribution in [0.5, 0.6) is 5.75 Å². The number of benzene rings is 1. The van der Waals surface area contributed by atoms with Crippen molar-refractivity contribution in [3.63, 3.8) is 0 Å². The molecule has 3 rings (SSSR count). The Hall–Kier alpha value is -1.06. The van der Waals surface area contributed by atoms with Gasteiger partial charge < -0.3 is 15.2 Å². The summed E-state index contributed by atoms with van der Waals surface area (Å²) in [6.07, 6.45) is 6.23. The van der Waals surface area contributed by atoms with Crippen LogP contribution in [0.1, 0.15) is 43.6 Å². The second-order valence-corrected chi connectivity index (χ2v) is 6.68. The van der Waals surface area contributed by atoms with Gasteiger partial charge >= 0.3 is 0 Å². The van der Waals surface area contributed by atoms with E-state index in [-0.39, 0.29) is 0 Å². The van der Waals surface area contributed by atoms with Crippen molar-refractivity contribution < 1.29 is 9.84 Å². The lowest BCUT2D eigenvalue weighted by atomic mass is 9.75. The fourth-order valence-corrected chi connectivity index (χ4v) is 3.89. The highest BCUT2D eigenvalue weighted by Gasteiger charge is 2.32. The molecular formula is C18H27NO2. The average Bonchev–Trinajstić information content (AvgIpc) is 2.93. The van der Waals surface area contributed by atoms with Crippen molar-refractivity contribution in [2.24, 2.45) is 11.8 Å². The number of aliphatic hydroxyl groups excluding tert-OH is 1. The first-order chi connectivity index (χ1) is 10.3. The molecule has 2 fully saturated rings. The Kier molecular flexibility index (Phi) is 4.81. The second kappa shape index (κ2) is 6.80. The monoisotopic (exact) mass is 289 g/mol. The lowest BCUT2D eigenvalue weighted by Gasteiger charge is -2.37. The molecule has 0 aromatic heterocycles. The Labute approximate surface area is 127 Å². The van der Waals surface area contributed by atoms with E-state index >= 15 is 0 Å². The molecule has 2 unspecified atom stereocenters. The van der Waals surface area contributed by atoms with Gasteiger partial charge in [-0.05, 0) is 67.7 Å². The van der Waals surface area contributed by atoms with E-state index in [1.807, 2.05) is 6.07 Å². The van der Waals surface area contributed by atoms with E-state index in [2.05, 4.69) is 23.5 Å². The van der Waals surface area contributed by atoms with Crippen molar-refractivity contribution >= 4 is 0 Å². The van der Waals surface area contributed by atoms with Crippen molar-refractivity contribution in [2.45, 2.75) is 44.1 Å². The van der Waals surface area contributed by atoms with Crippen molar-refractivity contribution in [1.29, 1.82) is 0 Å². The summed E-state index contributed by atoms with van der Waals surface area (Å²) in [5.74, 6) is 2.85. The van der Waals surface area contributed by atoms with Gasteiger partial charge in [-0.1, -0.05) is 18.6 Å². The summed E-state index contributed by atoms with van der Waals surface area (Å²) < 4.78 is 5.30. The topological polar surface area (TPSA) is 41.5 Å². The number of methoxy groups -OCH3 is 1. The number of nitrogens with one attached hydrogen (secondary N) is 1. The fourth-order valence-electron chi connectivity index (χ4n) is 3.89. The summed E-state index contributed by atoms with van der Waals surface area (Å²) in [4.78, 5) is 0. The van der Waals surface area contributed by atoms with Crippen LogP contribution in [0.25, 0.3) is 0 Å². The van der Waals surface area contributed by atoms with E-state index in [1.165, 1.54) is 37.7 Å². The molecule has 0 aliphatic heterocycles. The minimum Gasteiger partial charge on any atom is -0.497 e. The van der Waals surface area contributed by atoms with E-state index in [0.717, 1.165) is 12.3 Å². The summed E-state index contributed by atoms with van der Waals surface area (Å²) in [5.41, 5.74) is 1.40. The number of hydrogen-bond donors (Lipinski definition) is 2. The summed E-state index contributed by atoms with van der Waals surface area (Å²) in [7, 11) is 1.73. The maximum absolute atomic E-state index is 9.37. The largest absolute Gasteiger partial charge is 0.497 e. The molecule has 2 saturated carbocycles. The zero-order valence-corrected chi connectivity index (χ0v) is 12.9. The molecule has 0 amide bonds. The molecule has 2 N–H and O–H groups in total. The van der Waals surface area contributed by atoms with Gasteiger partial charge in [-0.25, -0.2) is 0 Å². The van der Waals surface area contributed by atoms with Crippen LogP contribution in [0.2, 0.25) is 0 Å². The highest BCUT2D eigenvalue weighted by molar-refractivity contribution is 5.32. The Balaban J connectivity index is 1.43. The molecule has 0 bridgehead atoms. The molecule has 1 aromatic carbocycles. The van der Waals surface area contributed by atoms with Crippen LogP contribution in [0.15, 0.2) is 24.3 Å². The van der Waals surface area contributed by atoms with Gasteiger partial charge in [0.05, 0.1) is 7.11 Å². The molecule has 3 nitrogen and oxygen atoms in total. The van der Waals surface area contributed by atoms with E-state index in [0.29, 0.717) is 30.4 Å². The first-order valence-electron chi connectivity index (χ1n) is 8.28. The molecule has 21 heavy (non-hydrogen) atoms. The highest BCUT2D eigenvalue weighted by atomic mass is 16.5. The van der Waals surface area contributed by atoms with Gasteiger partial charge in [-0.2, -0.15) is 0 Å². The third kappa shape index (κ3) is 3.41. The van der Waals surface area contributed by atoms with E-state index in [4.69, 9.17) is 4.74 Å². The molecular weight excluding hydrogens is 262 g/mol. The van der Waals surface area contributed by atoms with Gasteiger partial charge in [0, 0.05) is 12.6 Å². The van der Waals surface area contributed by atoms with Crippen LogP contribution >= 0.6 is 0 Å². The van der Waals surface area contributed by atoms with Gasteiger partial charge in [0.25, 0.3) is 0 Å². The predicted molar refractivity (Wildman–Crippen MR) is 84.7 cm³/mol. The molecule has 1 aromatic rings. The van der Waals surface area contributed by atoms with Crippen molar-refractivity contribution in [3.05, 3.63) is 29.8 Å². The molecule has 2 aliphatic carbocycles. The molecule has 2 atom stereocenters. The number of rotatable bonds is 6. The first-order valence-corrected chi connectivity index (χ1v) is 8.28. The van der Waals surface area contributed by atoms with Gasteiger partial charge in [-0.15, -0.1) is 0 Å². The van der Waals surface area contributed by atoms with Crippen molar-refractivity contribution in [2.75, 3.05) is 20.3 Å². The minimum absolute atomic E-state index is 0.365. The lowest BCUT2D eigenvalue weighted by molar-refractivity contribution is 0.182. The van der Waals surface area contributed by atoms with Crippen LogP contribution in [-0.4, -0.2) is 31.4 Å². The van der Waals surface area contributed by atoms with Crippen LogP contribution in [0.3, 0.4) is 0 Å². The Morgan fingerprint density at radius 2 is 2.05 bits per heavy atom. The van der Waals surface area contributed by atoms with Crippen molar-refractivity contribution in [3.8, 4) is 5.75 Å². The molecule has 3 heteroatoms. The van der Waals surface area contributed by atoms with Crippen LogP contribution < -0.4 is 10.1 Å². The average molecular weight is 289 g/mol. The summed E-state index contributed by atoms with van der Waals surface area (Å²) in [6.45, 7) is 1.45. The quantitative estimate of drug-likeness (QED) is 0.846. The van der Waals surface area contributed by atoms with Crippen LogP contribution in [0, 0.1) is 11.8 Å². The zero-order chi connectivity index (χ0) is 14.7. The van der Waals surface area contributed by atoms with Gasteiger partial charge in [0.1, 0.15) is 5.75 Å². The number of aliphatic hydroxyl groups is 1.